The Morgan fingerprint density at radius 2 is 1.79 bits per heavy atom. The van der Waals surface area contributed by atoms with Gasteiger partial charge < -0.3 is 15.2 Å². The van der Waals surface area contributed by atoms with Crippen molar-refractivity contribution in [2.45, 2.75) is 13.5 Å². The second kappa shape index (κ2) is 7.86. The lowest BCUT2D eigenvalue weighted by Gasteiger charge is -2.34. The molecule has 1 aliphatic rings. The van der Waals surface area contributed by atoms with Crippen molar-refractivity contribution in [2.75, 3.05) is 31.5 Å². The van der Waals surface area contributed by atoms with Gasteiger partial charge in [0, 0.05) is 44.0 Å². The Bertz CT molecular complexity index is 1040. The lowest BCUT2D eigenvalue weighted by Crippen LogP contribution is -2.49. The molecule has 0 bridgehead atoms. The first-order chi connectivity index (χ1) is 13.6. The third-order valence-corrected chi connectivity index (χ3v) is 5.24. The summed E-state index contributed by atoms with van der Waals surface area (Å²) in [5.74, 6) is 0. The van der Waals surface area contributed by atoms with E-state index in [1.807, 2.05) is 66.4 Å². The molecule has 3 aromatic rings. The van der Waals surface area contributed by atoms with Crippen LogP contribution in [0, 0.1) is 6.92 Å². The zero-order valence-electron chi connectivity index (χ0n) is 15.9. The predicted octanol–water partition coefficient (Wildman–Crippen LogP) is 3.19. The van der Waals surface area contributed by atoms with Gasteiger partial charge in [0.05, 0.1) is 5.52 Å². The normalized spacial score (nSPS) is 15.0. The summed E-state index contributed by atoms with van der Waals surface area (Å²) in [4.78, 5) is 31.9. The highest BCUT2D eigenvalue weighted by Gasteiger charge is 2.22. The molecule has 2 aromatic carbocycles. The molecule has 28 heavy (non-hydrogen) atoms. The van der Waals surface area contributed by atoms with Gasteiger partial charge in [0.15, 0.2) is 0 Å². The second-order valence-corrected chi connectivity index (χ2v) is 7.22. The molecule has 2 N–H and O–H groups in total. The average Bonchev–Trinajstić information content (AvgIpc) is 2.71. The molecular weight excluding hydrogens is 352 g/mol. The van der Waals surface area contributed by atoms with Crippen molar-refractivity contribution in [3.63, 3.8) is 0 Å². The summed E-state index contributed by atoms with van der Waals surface area (Å²) in [5.41, 5.74) is 3.50. The van der Waals surface area contributed by atoms with E-state index < -0.39 is 0 Å². The molecule has 1 aromatic heterocycles. The molecule has 6 nitrogen and oxygen atoms in total. The van der Waals surface area contributed by atoms with Gasteiger partial charge in [0.2, 0.25) is 0 Å². The largest absolute Gasteiger partial charge is 0.322 e. The number of hydrogen-bond acceptors (Lipinski definition) is 3. The standard InChI is InChI=1S/C22H24N4O2/c1-16-6-5-7-17-14-18(21(27)24-20(16)17)15-25-10-12-26(13-11-25)22(28)23-19-8-3-2-4-9-19/h2-9,14H,10-13,15H2,1H3,(H,23,28)(H,24,27). The first-order valence-corrected chi connectivity index (χ1v) is 9.55. The Balaban J connectivity index is 1.38. The first-order valence-electron chi connectivity index (χ1n) is 9.55. The van der Waals surface area contributed by atoms with Gasteiger partial charge in [-0.15, -0.1) is 0 Å². The zero-order valence-corrected chi connectivity index (χ0v) is 15.9. The highest BCUT2D eigenvalue weighted by atomic mass is 16.2. The number of hydrogen-bond donors (Lipinski definition) is 2. The molecule has 2 amide bonds. The number of fused-ring (bicyclic) bond motifs is 1. The summed E-state index contributed by atoms with van der Waals surface area (Å²) in [7, 11) is 0. The van der Waals surface area contributed by atoms with Gasteiger partial charge in [-0.05, 0) is 36.1 Å². The minimum atomic E-state index is -0.0788. The van der Waals surface area contributed by atoms with Crippen molar-refractivity contribution in [1.82, 2.24) is 14.8 Å². The molecule has 0 spiro atoms. The number of aromatic nitrogens is 1. The quantitative estimate of drug-likeness (QED) is 0.738. The number of aryl methyl sites for hydroxylation is 1. The molecule has 1 fully saturated rings. The molecule has 0 aliphatic carbocycles. The van der Waals surface area contributed by atoms with Gasteiger partial charge in [-0.2, -0.15) is 0 Å². The third kappa shape index (κ3) is 3.92. The number of anilines is 1. The minimum Gasteiger partial charge on any atom is -0.322 e. The number of pyridine rings is 1. The van der Waals surface area contributed by atoms with Crippen molar-refractivity contribution in [3.05, 3.63) is 76.1 Å². The molecule has 4 rings (SSSR count). The van der Waals surface area contributed by atoms with E-state index in [2.05, 4.69) is 15.2 Å². The van der Waals surface area contributed by atoms with E-state index in [1.165, 1.54) is 0 Å². The Hall–Kier alpha value is -3.12. The summed E-state index contributed by atoms with van der Waals surface area (Å²) in [5, 5.41) is 3.98. The second-order valence-electron chi connectivity index (χ2n) is 7.22. The predicted molar refractivity (Wildman–Crippen MR) is 112 cm³/mol. The smallest absolute Gasteiger partial charge is 0.321 e. The Morgan fingerprint density at radius 1 is 1.04 bits per heavy atom. The van der Waals surface area contributed by atoms with Crippen LogP contribution in [0.15, 0.2) is 59.4 Å². The summed E-state index contributed by atoms with van der Waals surface area (Å²) in [6, 6.07) is 17.4. The number of carbonyl (C=O) groups is 1. The van der Waals surface area contributed by atoms with Crippen LogP contribution < -0.4 is 10.9 Å². The SMILES string of the molecule is Cc1cccc2cc(CN3CCN(C(=O)Nc4ccccc4)CC3)c(=O)[nH]c12. The first kappa shape index (κ1) is 18.3. The van der Waals surface area contributed by atoms with E-state index in [1.54, 1.807) is 0 Å². The van der Waals surface area contributed by atoms with Crippen LogP contribution in [-0.4, -0.2) is 47.0 Å². The fourth-order valence-corrected chi connectivity index (χ4v) is 3.62. The number of urea groups is 1. The Kier molecular flexibility index (Phi) is 5.12. The molecule has 0 atom stereocenters. The van der Waals surface area contributed by atoms with E-state index >= 15 is 0 Å². The van der Waals surface area contributed by atoms with Crippen molar-refractivity contribution < 1.29 is 4.79 Å². The molecule has 0 radical (unpaired) electrons. The average molecular weight is 376 g/mol. The van der Waals surface area contributed by atoms with Gasteiger partial charge in [-0.1, -0.05) is 36.4 Å². The van der Waals surface area contributed by atoms with Gasteiger partial charge in [0.1, 0.15) is 0 Å². The maximum Gasteiger partial charge on any atom is 0.321 e. The molecule has 0 unspecified atom stereocenters. The van der Waals surface area contributed by atoms with E-state index in [-0.39, 0.29) is 11.6 Å². The number of para-hydroxylation sites is 2. The Morgan fingerprint density at radius 3 is 2.54 bits per heavy atom. The zero-order chi connectivity index (χ0) is 19.5. The number of nitrogens with zero attached hydrogens (tertiary/aromatic N) is 2. The fraction of sp³-hybridized carbons (Fsp3) is 0.273. The van der Waals surface area contributed by atoms with E-state index in [0.29, 0.717) is 19.6 Å². The lowest BCUT2D eigenvalue weighted by atomic mass is 10.1. The van der Waals surface area contributed by atoms with Crippen molar-refractivity contribution in [1.29, 1.82) is 0 Å². The lowest BCUT2D eigenvalue weighted by molar-refractivity contribution is 0.142. The summed E-state index contributed by atoms with van der Waals surface area (Å²) in [6.07, 6.45) is 0. The maximum absolute atomic E-state index is 12.5. The van der Waals surface area contributed by atoms with E-state index in [4.69, 9.17) is 0 Å². The number of H-pyrrole nitrogens is 1. The number of carbonyl (C=O) groups excluding carboxylic acids is 1. The Labute approximate surface area is 163 Å². The van der Waals surface area contributed by atoms with Crippen molar-refractivity contribution in [3.8, 4) is 0 Å². The fourth-order valence-electron chi connectivity index (χ4n) is 3.62. The molecular formula is C22H24N4O2. The molecule has 1 saturated heterocycles. The van der Waals surface area contributed by atoms with Crippen LogP contribution >= 0.6 is 0 Å². The van der Waals surface area contributed by atoms with Crippen LogP contribution in [0.1, 0.15) is 11.1 Å². The number of amides is 2. The van der Waals surface area contributed by atoms with Crippen molar-refractivity contribution >= 4 is 22.6 Å². The van der Waals surface area contributed by atoms with Gasteiger partial charge in [-0.3, -0.25) is 9.69 Å². The molecule has 6 heteroatoms. The number of aromatic amines is 1. The van der Waals surface area contributed by atoms with Crippen molar-refractivity contribution in [2.24, 2.45) is 0 Å². The molecule has 1 aliphatic heterocycles. The van der Waals surface area contributed by atoms with Crippen LogP contribution in [-0.2, 0) is 6.54 Å². The van der Waals surface area contributed by atoms with Crippen LogP contribution in [0.4, 0.5) is 10.5 Å². The molecule has 2 heterocycles. The summed E-state index contributed by atoms with van der Waals surface area (Å²) < 4.78 is 0. The van der Waals surface area contributed by atoms with Gasteiger partial charge in [-0.25, -0.2) is 4.79 Å². The topological polar surface area (TPSA) is 68.4 Å². The molecule has 0 saturated carbocycles. The number of nitrogens with one attached hydrogen (secondary N) is 2. The van der Waals surface area contributed by atoms with Crippen LogP contribution in [0.3, 0.4) is 0 Å². The number of benzene rings is 2. The monoisotopic (exact) mass is 376 g/mol. The van der Waals surface area contributed by atoms with Gasteiger partial charge in [0.25, 0.3) is 5.56 Å². The summed E-state index contributed by atoms with van der Waals surface area (Å²) in [6.45, 7) is 5.36. The van der Waals surface area contributed by atoms with Crippen LogP contribution in [0.5, 0.6) is 0 Å². The maximum atomic E-state index is 12.5. The van der Waals surface area contributed by atoms with E-state index in [9.17, 15) is 9.59 Å². The summed E-state index contributed by atoms with van der Waals surface area (Å²) >= 11 is 0. The highest BCUT2D eigenvalue weighted by molar-refractivity contribution is 5.89. The van der Waals surface area contributed by atoms with Crippen LogP contribution in [0.25, 0.3) is 10.9 Å². The minimum absolute atomic E-state index is 0.0361. The highest BCUT2D eigenvalue weighted by Crippen LogP contribution is 2.16. The van der Waals surface area contributed by atoms with E-state index in [0.717, 1.165) is 40.8 Å². The third-order valence-electron chi connectivity index (χ3n) is 5.24. The number of rotatable bonds is 3. The van der Waals surface area contributed by atoms with Gasteiger partial charge >= 0.3 is 6.03 Å². The van der Waals surface area contributed by atoms with Crippen LogP contribution in [0.2, 0.25) is 0 Å². The number of piperazine rings is 1. The molecule has 144 valence electrons.